The van der Waals surface area contributed by atoms with Gasteiger partial charge in [-0.15, -0.1) is 0 Å². The summed E-state index contributed by atoms with van der Waals surface area (Å²) in [6.45, 7) is 2.51. The van der Waals surface area contributed by atoms with Crippen molar-refractivity contribution in [3.05, 3.63) is 65.2 Å². The van der Waals surface area contributed by atoms with Gasteiger partial charge in [0, 0.05) is 13.1 Å². The van der Waals surface area contributed by atoms with Crippen molar-refractivity contribution in [2.45, 2.75) is 24.8 Å². The fourth-order valence-electron chi connectivity index (χ4n) is 2.21. The molecule has 0 unspecified atom stereocenters. The molecule has 2 aromatic rings. The Kier molecular flexibility index (Phi) is 6.48. The second-order valence-electron chi connectivity index (χ2n) is 5.86. The van der Waals surface area contributed by atoms with Crippen molar-refractivity contribution in [2.75, 3.05) is 6.54 Å². The lowest BCUT2D eigenvalue weighted by Crippen LogP contribution is -2.40. The number of carbonyl (C=O) groups excluding carboxylic acids is 2. The molecule has 2 amide bonds. The lowest BCUT2D eigenvalue weighted by molar-refractivity contribution is -0.139. The number of amides is 2. The van der Waals surface area contributed by atoms with Gasteiger partial charge < -0.3 is 10.6 Å². The molecule has 2 rings (SSSR count). The van der Waals surface area contributed by atoms with Gasteiger partial charge in [-0.2, -0.15) is 0 Å². The molecule has 0 aromatic heterocycles. The largest absolute Gasteiger partial charge is 0.348 e. The highest BCUT2D eigenvalue weighted by Crippen LogP contribution is 2.08. The number of primary sulfonamides is 1. The van der Waals surface area contributed by atoms with Crippen LogP contribution in [0, 0.1) is 6.92 Å². The van der Waals surface area contributed by atoms with Crippen LogP contribution in [0.1, 0.15) is 16.7 Å². The summed E-state index contributed by atoms with van der Waals surface area (Å²) in [7, 11) is -3.72. The van der Waals surface area contributed by atoms with Crippen LogP contribution in [0.15, 0.2) is 53.4 Å². The zero-order valence-electron chi connectivity index (χ0n) is 14.4. The minimum Gasteiger partial charge on any atom is -0.348 e. The highest BCUT2D eigenvalue weighted by molar-refractivity contribution is 7.89. The predicted octanol–water partition coefficient (Wildman–Crippen LogP) is 0.618. The molecule has 8 heteroatoms. The molecule has 0 heterocycles. The highest BCUT2D eigenvalue weighted by atomic mass is 32.2. The summed E-state index contributed by atoms with van der Waals surface area (Å²) in [5, 5.41) is 10.1. The van der Waals surface area contributed by atoms with Gasteiger partial charge in [0.2, 0.25) is 10.0 Å². The molecule has 0 radical (unpaired) electrons. The maximum atomic E-state index is 11.8. The quantitative estimate of drug-likeness (QED) is 0.641. The third-order valence-electron chi connectivity index (χ3n) is 3.73. The van der Waals surface area contributed by atoms with Crippen LogP contribution in [0.25, 0.3) is 0 Å². The van der Waals surface area contributed by atoms with Gasteiger partial charge in [-0.25, -0.2) is 13.6 Å². The Balaban J connectivity index is 1.75. The standard InChI is InChI=1S/C18H21N3O4S/c1-13-2-4-15(5-3-13)12-21-18(23)17(22)20-11-10-14-6-8-16(9-7-14)26(19,24)25/h2-9H,10-12H2,1H3,(H,20,22)(H,21,23)(H2,19,24,25). The van der Waals surface area contributed by atoms with Crippen molar-refractivity contribution in [3.8, 4) is 0 Å². The molecular weight excluding hydrogens is 354 g/mol. The van der Waals surface area contributed by atoms with E-state index in [9.17, 15) is 18.0 Å². The van der Waals surface area contributed by atoms with E-state index in [1.54, 1.807) is 12.1 Å². The summed E-state index contributed by atoms with van der Waals surface area (Å²) in [4.78, 5) is 23.6. The molecule has 138 valence electrons. The van der Waals surface area contributed by atoms with E-state index in [1.807, 2.05) is 31.2 Å². The number of nitrogens with one attached hydrogen (secondary N) is 2. The zero-order chi connectivity index (χ0) is 19.2. The first kappa shape index (κ1) is 19.6. The Morgan fingerprint density at radius 1 is 0.885 bits per heavy atom. The highest BCUT2D eigenvalue weighted by Gasteiger charge is 2.12. The van der Waals surface area contributed by atoms with Gasteiger partial charge >= 0.3 is 11.8 Å². The summed E-state index contributed by atoms with van der Waals surface area (Å²) in [6.07, 6.45) is 0.460. The smallest absolute Gasteiger partial charge is 0.309 e. The Hall–Kier alpha value is -2.71. The van der Waals surface area contributed by atoms with E-state index < -0.39 is 21.8 Å². The second kappa shape index (κ2) is 8.59. The molecule has 0 aliphatic heterocycles. The van der Waals surface area contributed by atoms with Crippen molar-refractivity contribution < 1.29 is 18.0 Å². The van der Waals surface area contributed by atoms with Gasteiger partial charge in [0.1, 0.15) is 0 Å². The summed E-state index contributed by atoms with van der Waals surface area (Å²) < 4.78 is 22.4. The molecule has 0 saturated heterocycles. The van der Waals surface area contributed by atoms with Crippen molar-refractivity contribution in [1.82, 2.24) is 10.6 Å². The first-order valence-corrected chi connectivity index (χ1v) is 9.53. The molecule has 0 saturated carbocycles. The van der Waals surface area contributed by atoms with E-state index in [4.69, 9.17) is 5.14 Å². The van der Waals surface area contributed by atoms with Gasteiger partial charge in [-0.05, 0) is 36.6 Å². The number of hydrogen-bond donors (Lipinski definition) is 3. The molecule has 2 aromatic carbocycles. The number of nitrogens with two attached hydrogens (primary N) is 1. The van der Waals surface area contributed by atoms with E-state index in [0.717, 1.165) is 16.7 Å². The monoisotopic (exact) mass is 375 g/mol. The number of rotatable bonds is 6. The summed E-state index contributed by atoms with van der Waals surface area (Å²) in [5.74, 6) is -1.41. The van der Waals surface area contributed by atoms with E-state index in [0.29, 0.717) is 6.42 Å². The van der Waals surface area contributed by atoms with Crippen LogP contribution in [0.3, 0.4) is 0 Å². The zero-order valence-corrected chi connectivity index (χ0v) is 15.2. The van der Waals surface area contributed by atoms with Gasteiger partial charge in [-0.1, -0.05) is 42.0 Å². The van der Waals surface area contributed by atoms with Crippen LogP contribution in [0.5, 0.6) is 0 Å². The van der Waals surface area contributed by atoms with Crippen molar-refractivity contribution in [1.29, 1.82) is 0 Å². The van der Waals surface area contributed by atoms with Crippen molar-refractivity contribution >= 4 is 21.8 Å². The number of sulfonamides is 1. The summed E-state index contributed by atoms with van der Waals surface area (Å²) in [6, 6.07) is 13.7. The summed E-state index contributed by atoms with van der Waals surface area (Å²) in [5.41, 5.74) is 2.85. The third kappa shape index (κ3) is 5.98. The predicted molar refractivity (Wildman–Crippen MR) is 97.6 cm³/mol. The van der Waals surface area contributed by atoms with Crippen LogP contribution in [0.2, 0.25) is 0 Å². The van der Waals surface area contributed by atoms with E-state index in [-0.39, 0.29) is 18.0 Å². The van der Waals surface area contributed by atoms with Crippen LogP contribution in [-0.4, -0.2) is 26.8 Å². The summed E-state index contributed by atoms with van der Waals surface area (Å²) >= 11 is 0. The average molecular weight is 375 g/mol. The van der Waals surface area contributed by atoms with Crippen LogP contribution in [0.4, 0.5) is 0 Å². The first-order valence-electron chi connectivity index (χ1n) is 7.99. The van der Waals surface area contributed by atoms with E-state index >= 15 is 0 Å². The number of carbonyl (C=O) groups is 2. The molecule has 0 bridgehead atoms. The molecule has 0 atom stereocenters. The van der Waals surface area contributed by atoms with Crippen LogP contribution < -0.4 is 15.8 Å². The first-order chi connectivity index (χ1) is 12.3. The Morgan fingerprint density at radius 2 is 1.42 bits per heavy atom. The molecule has 0 aliphatic carbocycles. The maximum Gasteiger partial charge on any atom is 0.309 e. The normalized spacial score (nSPS) is 11.0. The van der Waals surface area contributed by atoms with Crippen LogP contribution in [-0.2, 0) is 32.6 Å². The minimum absolute atomic E-state index is 0.0285. The average Bonchev–Trinajstić information content (AvgIpc) is 2.60. The topological polar surface area (TPSA) is 118 Å². The van der Waals surface area contributed by atoms with Gasteiger partial charge in [0.15, 0.2) is 0 Å². The minimum atomic E-state index is -3.72. The Labute approximate surface area is 152 Å². The molecule has 26 heavy (non-hydrogen) atoms. The molecule has 0 spiro atoms. The molecule has 0 aliphatic rings. The molecule has 7 nitrogen and oxygen atoms in total. The number of benzene rings is 2. The van der Waals surface area contributed by atoms with E-state index in [2.05, 4.69) is 10.6 Å². The van der Waals surface area contributed by atoms with E-state index in [1.165, 1.54) is 12.1 Å². The van der Waals surface area contributed by atoms with Gasteiger partial charge in [-0.3, -0.25) is 9.59 Å². The Bertz CT molecular complexity index is 876. The SMILES string of the molecule is Cc1ccc(CNC(=O)C(=O)NCCc2ccc(S(N)(=O)=O)cc2)cc1. The van der Waals surface area contributed by atoms with Gasteiger partial charge in [0.05, 0.1) is 4.90 Å². The molecule has 0 fully saturated rings. The van der Waals surface area contributed by atoms with Gasteiger partial charge in [0.25, 0.3) is 0 Å². The second-order valence-corrected chi connectivity index (χ2v) is 7.42. The van der Waals surface area contributed by atoms with Crippen molar-refractivity contribution in [2.24, 2.45) is 5.14 Å². The fourth-order valence-corrected chi connectivity index (χ4v) is 2.73. The lowest BCUT2D eigenvalue weighted by atomic mass is 10.1. The number of aryl methyl sites for hydroxylation is 1. The molecular formula is C18H21N3O4S. The Morgan fingerprint density at radius 3 is 2.00 bits per heavy atom. The third-order valence-corrected chi connectivity index (χ3v) is 4.66. The lowest BCUT2D eigenvalue weighted by Gasteiger charge is -2.07. The van der Waals surface area contributed by atoms with Crippen LogP contribution >= 0.6 is 0 Å². The molecule has 4 N–H and O–H groups in total. The fraction of sp³-hybridized carbons (Fsp3) is 0.222. The maximum absolute atomic E-state index is 11.8. The number of hydrogen-bond acceptors (Lipinski definition) is 4. The van der Waals surface area contributed by atoms with Crippen molar-refractivity contribution in [3.63, 3.8) is 0 Å².